The van der Waals surface area contributed by atoms with E-state index in [2.05, 4.69) is 39.9 Å². The first-order valence-electron chi connectivity index (χ1n) is 9.32. The van der Waals surface area contributed by atoms with Gasteiger partial charge in [0.05, 0.1) is 11.3 Å². The fraction of sp³-hybridized carbons (Fsp3) is 0.450. The Balaban J connectivity index is 0.00000420. The summed E-state index contributed by atoms with van der Waals surface area (Å²) in [6.07, 6.45) is 0.830. The molecule has 2 rings (SSSR count). The lowest BCUT2D eigenvalue weighted by atomic mass is 10.1. The summed E-state index contributed by atoms with van der Waals surface area (Å²) in [5.74, 6) is -0.314. The number of carbonyl (C=O) groups is 1. The highest BCUT2D eigenvalue weighted by atomic mass is 127. The third kappa shape index (κ3) is 6.98. The number of carbonyl (C=O) groups excluding carboxylic acids is 1. The van der Waals surface area contributed by atoms with E-state index in [0.717, 1.165) is 17.8 Å². The number of nitrogens with one attached hydrogen (secondary N) is 3. The number of aromatic nitrogens is 2. The molecule has 0 bridgehead atoms. The molecule has 29 heavy (non-hydrogen) atoms. The lowest BCUT2D eigenvalue weighted by Crippen LogP contribution is -2.45. The van der Waals surface area contributed by atoms with Crippen molar-refractivity contribution in [1.29, 1.82) is 0 Å². The molecule has 0 spiro atoms. The van der Waals surface area contributed by atoms with Crippen LogP contribution in [0.1, 0.15) is 34.2 Å². The number of amides is 1. The van der Waals surface area contributed by atoms with E-state index in [1.165, 1.54) is 17.7 Å². The Kier molecular flexibility index (Phi) is 10.1. The molecule has 0 aliphatic carbocycles. The zero-order valence-electron chi connectivity index (χ0n) is 17.5. The molecule has 1 unspecified atom stereocenters. The number of aliphatic imine (C=N–C) groups is 1. The van der Waals surface area contributed by atoms with Crippen molar-refractivity contribution in [1.82, 2.24) is 25.7 Å². The van der Waals surface area contributed by atoms with Gasteiger partial charge in [-0.05, 0) is 44.9 Å². The Morgan fingerprint density at radius 1 is 1.24 bits per heavy atom. The Morgan fingerprint density at radius 2 is 1.90 bits per heavy atom. The zero-order chi connectivity index (χ0) is 20.7. The molecular formula is C20H30FIN6O. The van der Waals surface area contributed by atoms with E-state index in [1.807, 2.05) is 18.7 Å². The van der Waals surface area contributed by atoms with Gasteiger partial charge in [-0.25, -0.2) is 4.39 Å². The van der Waals surface area contributed by atoms with E-state index in [1.54, 1.807) is 19.2 Å². The molecule has 160 valence electrons. The second-order valence-electron chi connectivity index (χ2n) is 6.76. The second kappa shape index (κ2) is 11.7. The smallest absolute Gasteiger partial charge is 0.254 e. The van der Waals surface area contributed by atoms with Crippen molar-refractivity contribution in [2.45, 2.75) is 33.2 Å². The van der Waals surface area contributed by atoms with Gasteiger partial charge in [0.25, 0.3) is 5.91 Å². The molecule has 9 heteroatoms. The third-order valence-electron chi connectivity index (χ3n) is 4.60. The minimum atomic E-state index is -0.528. The zero-order valence-corrected chi connectivity index (χ0v) is 19.9. The van der Waals surface area contributed by atoms with Crippen LogP contribution in [0.15, 0.2) is 29.3 Å². The fourth-order valence-electron chi connectivity index (χ4n) is 3.00. The molecule has 1 atom stereocenters. The van der Waals surface area contributed by atoms with Crippen LogP contribution in [-0.4, -0.2) is 47.8 Å². The fourth-order valence-corrected chi connectivity index (χ4v) is 3.00. The van der Waals surface area contributed by atoms with Crippen LogP contribution in [0.5, 0.6) is 0 Å². The summed E-state index contributed by atoms with van der Waals surface area (Å²) < 4.78 is 15.5. The average Bonchev–Trinajstić information content (AvgIpc) is 2.90. The van der Waals surface area contributed by atoms with Gasteiger partial charge in [-0.3, -0.25) is 14.5 Å². The number of guanidine groups is 1. The number of aryl methyl sites for hydroxylation is 2. The van der Waals surface area contributed by atoms with E-state index < -0.39 is 11.7 Å². The molecule has 1 aromatic heterocycles. The maximum absolute atomic E-state index is 13.6. The Labute approximate surface area is 188 Å². The lowest BCUT2D eigenvalue weighted by Gasteiger charge is -2.18. The van der Waals surface area contributed by atoms with Crippen LogP contribution in [0.4, 0.5) is 4.39 Å². The molecule has 0 radical (unpaired) electrons. The van der Waals surface area contributed by atoms with Crippen LogP contribution in [0.3, 0.4) is 0 Å². The van der Waals surface area contributed by atoms with Crippen molar-refractivity contribution in [2.24, 2.45) is 12.0 Å². The number of benzene rings is 1. The van der Waals surface area contributed by atoms with E-state index in [4.69, 9.17) is 0 Å². The highest BCUT2D eigenvalue weighted by Crippen LogP contribution is 2.14. The van der Waals surface area contributed by atoms with Crippen LogP contribution >= 0.6 is 24.0 Å². The standard InChI is InChI=1S/C20H29FN6O.HI/c1-13(12-17-14(2)26-27(5)15(17)3)25-20(22-4)24-11-10-23-19(28)16-8-6-7-9-18(16)21;/h6-9,13H,10-12H2,1-5H3,(H,23,28)(H2,22,24,25);1H. The predicted molar refractivity (Wildman–Crippen MR) is 124 cm³/mol. The first-order valence-corrected chi connectivity index (χ1v) is 9.32. The van der Waals surface area contributed by atoms with Gasteiger partial charge in [0.2, 0.25) is 0 Å². The summed E-state index contributed by atoms with van der Waals surface area (Å²) in [6, 6.07) is 6.07. The van der Waals surface area contributed by atoms with E-state index in [0.29, 0.717) is 19.0 Å². The van der Waals surface area contributed by atoms with Crippen molar-refractivity contribution >= 4 is 35.8 Å². The van der Waals surface area contributed by atoms with Crippen LogP contribution < -0.4 is 16.0 Å². The number of hydrogen-bond donors (Lipinski definition) is 3. The van der Waals surface area contributed by atoms with Crippen LogP contribution in [-0.2, 0) is 13.5 Å². The van der Waals surface area contributed by atoms with Gasteiger partial charge in [0, 0.05) is 38.9 Å². The molecule has 7 nitrogen and oxygen atoms in total. The maximum Gasteiger partial charge on any atom is 0.254 e. The van der Waals surface area contributed by atoms with Gasteiger partial charge in [-0.15, -0.1) is 24.0 Å². The van der Waals surface area contributed by atoms with Crippen molar-refractivity contribution in [3.63, 3.8) is 0 Å². The van der Waals surface area contributed by atoms with E-state index in [-0.39, 0.29) is 35.6 Å². The molecule has 0 aliphatic rings. The molecule has 0 saturated heterocycles. The third-order valence-corrected chi connectivity index (χ3v) is 4.60. The minimum absolute atomic E-state index is 0. The summed E-state index contributed by atoms with van der Waals surface area (Å²) in [4.78, 5) is 16.2. The largest absolute Gasteiger partial charge is 0.355 e. The Hall–Kier alpha value is -2.17. The van der Waals surface area contributed by atoms with Gasteiger partial charge < -0.3 is 16.0 Å². The molecule has 3 N–H and O–H groups in total. The molecule has 1 amide bonds. The van der Waals surface area contributed by atoms with Gasteiger partial charge in [-0.1, -0.05) is 12.1 Å². The average molecular weight is 516 g/mol. The quantitative estimate of drug-likeness (QED) is 0.228. The molecule has 0 fully saturated rings. The summed E-state index contributed by atoms with van der Waals surface area (Å²) in [5.41, 5.74) is 3.47. The molecule has 1 aromatic carbocycles. The molecular weight excluding hydrogens is 486 g/mol. The van der Waals surface area contributed by atoms with Crippen molar-refractivity contribution in [3.05, 3.63) is 52.6 Å². The van der Waals surface area contributed by atoms with Crippen molar-refractivity contribution in [3.8, 4) is 0 Å². The minimum Gasteiger partial charge on any atom is -0.355 e. The van der Waals surface area contributed by atoms with Gasteiger partial charge >= 0.3 is 0 Å². The summed E-state index contributed by atoms with van der Waals surface area (Å²) >= 11 is 0. The number of rotatable bonds is 7. The summed E-state index contributed by atoms with van der Waals surface area (Å²) in [6.45, 7) is 6.98. The Morgan fingerprint density at radius 3 is 2.48 bits per heavy atom. The molecule has 0 saturated carbocycles. The summed E-state index contributed by atoms with van der Waals surface area (Å²) in [5, 5.41) is 13.6. The second-order valence-corrected chi connectivity index (χ2v) is 6.76. The highest BCUT2D eigenvalue weighted by Gasteiger charge is 2.14. The SMILES string of the molecule is CN=C(NCCNC(=O)c1ccccc1F)NC(C)Cc1c(C)nn(C)c1C.I. The molecule has 2 aromatic rings. The van der Waals surface area contributed by atoms with Gasteiger partial charge in [0.1, 0.15) is 5.82 Å². The van der Waals surface area contributed by atoms with Crippen LogP contribution in [0, 0.1) is 19.7 Å². The predicted octanol–water partition coefficient (Wildman–Crippen LogP) is 2.32. The van der Waals surface area contributed by atoms with E-state index in [9.17, 15) is 9.18 Å². The first-order chi connectivity index (χ1) is 13.3. The summed E-state index contributed by atoms with van der Waals surface area (Å²) in [7, 11) is 3.64. The Bertz CT molecular complexity index is 851. The number of nitrogens with zero attached hydrogens (tertiary/aromatic N) is 3. The number of hydrogen-bond acceptors (Lipinski definition) is 3. The normalized spacial score (nSPS) is 12.1. The lowest BCUT2D eigenvalue weighted by molar-refractivity contribution is 0.0950. The van der Waals surface area contributed by atoms with Gasteiger partial charge in [-0.2, -0.15) is 5.10 Å². The van der Waals surface area contributed by atoms with E-state index >= 15 is 0 Å². The van der Waals surface area contributed by atoms with Crippen molar-refractivity contribution in [2.75, 3.05) is 20.1 Å². The van der Waals surface area contributed by atoms with Crippen molar-refractivity contribution < 1.29 is 9.18 Å². The molecule has 1 heterocycles. The van der Waals surface area contributed by atoms with Crippen LogP contribution in [0.25, 0.3) is 0 Å². The topological polar surface area (TPSA) is 83.3 Å². The highest BCUT2D eigenvalue weighted by molar-refractivity contribution is 14.0. The number of halogens is 2. The monoisotopic (exact) mass is 516 g/mol. The first kappa shape index (κ1) is 24.9. The molecule has 0 aliphatic heterocycles. The maximum atomic E-state index is 13.6. The van der Waals surface area contributed by atoms with Crippen LogP contribution in [0.2, 0.25) is 0 Å². The van der Waals surface area contributed by atoms with Gasteiger partial charge in [0.15, 0.2) is 5.96 Å².